The third kappa shape index (κ3) is 6.92. The molecule has 0 unspecified atom stereocenters. The summed E-state index contributed by atoms with van der Waals surface area (Å²) >= 11 is 0. The standard InChI is InChI=1S/C26H36N4O4/c1-5-7-19(3)33-25(31)21-9-11-23(27-17-21)29-13-15-30(16-14-29)24-12-10-22(18-28-24)26(32)34-20(4)8-6-2/h9-12,17-20H,5-8,13-16H2,1-4H3/t19-,20-/m0/s1. The van der Waals surface area contributed by atoms with E-state index in [0.29, 0.717) is 11.1 Å². The molecule has 3 heterocycles. The van der Waals surface area contributed by atoms with E-state index in [1.54, 1.807) is 24.5 Å². The second-order valence-electron chi connectivity index (χ2n) is 8.79. The highest BCUT2D eigenvalue weighted by molar-refractivity contribution is 5.89. The van der Waals surface area contributed by atoms with Crippen molar-refractivity contribution in [2.75, 3.05) is 36.0 Å². The molecule has 3 rings (SSSR count). The van der Waals surface area contributed by atoms with Crippen LogP contribution in [0.3, 0.4) is 0 Å². The van der Waals surface area contributed by atoms with Crippen LogP contribution in [0, 0.1) is 0 Å². The van der Waals surface area contributed by atoms with Crippen molar-refractivity contribution in [2.24, 2.45) is 0 Å². The van der Waals surface area contributed by atoms with Crippen molar-refractivity contribution in [3.8, 4) is 0 Å². The van der Waals surface area contributed by atoms with E-state index in [-0.39, 0.29) is 24.1 Å². The van der Waals surface area contributed by atoms with Crippen molar-refractivity contribution in [1.29, 1.82) is 0 Å². The number of rotatable bonds is 10. The molecule has 1 saturated heterocycles. The number of pyridine rings is 2. The average molecular weight is 469 g/mol. The van der Waals surface area contributed by atoms with E-state index >= 15 is 0 Å². The van der Waals surface area contributed by atoms with Crippen LogP contribution in [0.25, 0.3) is 0 Å². The summed E-state index contributed by atoms with van der Waals surface area (Å²) in [5.41, 5.74) is 0.939. The molecule has 2 atom stereocenters. The Bertz CT molecular complexity index is 847. The van der Waals surface area contributed by atoms with Gasteiger partial charge in [0.15, 0.2) is 0 Å². The highest BCUT2D eigenvalue weighted by Gasteiger charge is 2.21. The summed E-state index contributed by atoms with van der Waals surface area (Å²) in [5, 5.41) is 0. The van der Waals surface area contributed by atoms with Gasteiger partial charge in [0.1, 0.15) is 11.6 Å². The summed E-state index contributed by atoms with van der Waals surface area (Å²) < 4.78 is 10.9. The Morgan fingerprint density at radius 1 is 0.765 bits per heavy atom. The van der Waals surface area contributed by atoms with Crippen molar-refractivity contribution in [3.63, 3.8) is 0 Å². The molecule has 0 spiro atoms. The maximum atomic E-state index is 12.2. The van der Waals surface area contributed by atoms with E-state index in [1.807, 2.05) is 26.0 Å². The second-order valence-corrected chi connectivity index (χ2v) is 8.79. The van der Waals surface area contributed by atoms with E-state index in [0.717, 1.165) is 63.5 Å². The SMILES string of the molecule is CCC[C@H](C)OC(=O)c1ccc(N2CCN(c3ccc(C(=O)O[C@@H](C)CCC)cn3)CC2)nc1. The maximum Gasteiger partial charge on any atom is 0.339 e. The predicted molar refractivity (Wildman–Crippen MR) is 132 cm³/mol. The number of hydrogen-bond acceptors (Lipinski definition) is 8. The van der Waals surface area contributed by atoms with Gasteiger partial charge in [-0.1, -0.05) is 26.7 Å². The number of esters is 2. The molecular formula is C26H36N4O4. The zero-order valence-corrected chi connectivity index (χ0v) is 20.7. The Labute approximate surface area is 202 Å². The van der Waals surface area contributed by atoms with E-state index in [1.165, 1.54) is 0 Å². The lowest BCUT2D eigenvalue weighted by atomic mass is 10.2. The topological polar surface area (TPSA) is 84.9 Å². The summed E-state index contributed by atoms with van der Waals surface area (Å²) in [6.45, 7) is 11.1. The fourth-order valence-electron chi connectivity index (χ4n) is 3.98. The van der Waals surface area contributed by atoms with Crippen LogP contribution < -0.4 is 9.80 Å². The highest BCUT2D eigenvalue weighted by Crippen LogP contribution is 2.19. The average Bonchev–Trinajstić information content (AvgIpc) is 2.84. The summed E-state index contributed by atoms with van der Waals surface area (Å²) in [7, 11) is 0. The number of aromatic nitrogens is 2. The van der Waals surface area contributed by atoms with Crippen LogP contribution in [-0.4, -0.2) is 60.3 Å². The molecule has 0 bridgehead atoms. The number of hydrogen-bond donors (Lipinski definition) is 0. The summed E-state index contributed by atoms with van der Waals surface area (Å²) in [4.78, 5) is 37.8. The normalized spacial score (nSPS) is 15.5. The van der Waals surface area contributed by atoms with Crippen molar-refractivity contribution in [3.05, 3.63) is 47.8 Å². The third-order valence-electron chi connectivity index (χ3n) is 5.90. The lowest BCUT2D eigenvalue weighted by molar-refractivity contribution is 0.0312. The predicted octanol–water partition coefficient (Wildman–Crippen LogP) is 4.49. The van der Waals surface area contributed by atoms with Crippen molar-refractivity contribution >= 4 is 23.6 Å². The van der Waals surface area contributed by atoms with Crippen LogP contribution >= 0.6 is 0 Å². The van der Waals surface area contributed by atoms with Crippen molar-refractivity contribution in [1.82, 2.24) is 9.97 Å². The van der Waals surface area contributed by atoms with Gasteiger partial charge in [-0.2, -0.15) is 0 Å². The van der Waals surface area contributed by atoms with Gasteiger partial charge in [-0.3, -0.25) is 0 Å². The van der Waals surface area contributed by atoms with Gasteiger partial charge in [0.2, 0.25) is 0 Å². The van der Waals surface area contributed by atoms with E-state index in [2.05, 4.69) is 33.6 Å². The van der Waals surface area contributed by atoms with Gasteiger partial charge in [-0.15, -0.1) is 0 Å². The molecule has 2 aromatic rings. The molecule has 8 heteroatoms. The fourth-order valence-corrected chi connectivity index (χ4v) is 3.98. The molecule has 0 amide bonds. The van der Waals surface area contributed by atoms with Crippen LogP contribution in [0.5, 0.6) is 0 Å². The van der Waals surface area contributed by atoms with Crippen LogP contribution in [-0.2, 0) is 9.47 Å². The van der Waals surface area contributed by atoms with Crippen molar-refractivity contribution < 1.29 is 19.1 Å². The minimum Gasteiger partial charge on any atom is -0.459 e. The monoisotopic (exact) mass is 468 g/mol. The molecule has 0 aromatic carbocycles. The second kappa shape index (κ2) is 12.3. The first kappa shape index (κ1) is 25.5. The van der Waals surface area contributed by atoms with Gasteiger partial charge in [-0.25, -0.2) is 19.6 Å². The summed E-state index contributed by atoms with van der Waals surface area (Å²) in [6.07, 6.45) is 6.63. The molecule has 0 aliphatic carbocycles. The quantitative estimate of drug-likeness (QED) is 0.472. The molecule has 2 aromatic heterocycles. The van der Waals surface area contributed by atoms with Gasteiger partial charge in [0.05, 0.1) is 23.3 Å². The largest absolute Gasteiger partial charge is 0.459 e. The van der Waals surface area contributed by atoms with E-state index < -0.39 is 0 Å². The Hall–Kier alpha value is -3.16. The van der Waals surface area contributed by atoms with E-state index in [4.69, 9.17) is 9.47 Å². The zero-order valence-electron chi connectivity index (χ0n) is 20.7. The summed E-state index contributed by atoms with van der Waals surface area (Å²) in [6, 6.07) is 7.29. The number of piperazine rings is 1. The number of nitrogens with zero attached hydrogens (tertiary/aromatic N) is 4. The molecule has 0 saturated carbocycles. The van der Waals surface area contributed by atoms with Crippen LogP contribution in [0.4, 0.5) is 11.6 Å². The number of anilines is 2. The molecule has 8 nitrogen and oxygen atoms in total. The van der Waals surface area contributed by atoms with E-state index in [9.17, 15) is 9.59 Å². The molecule has 1 aliphatic heterocycles. The maximum absolute atomic E-state index is 12.2. The molecule has 0 radical (unpaired) electrons. The van der Waals surface area contributed by atoms with Gasteiger partial charge in [-0.05, 0) is 51.0 Å². The third-order valence-corrected chi connectivity index (χ3v) is 5.90. The molecule has 34 heavy (non-hydrogen) atoms. The fraction of sp³-hybridized carbons (Fsp3) is 0.538. The minimum absolute atomic E-state index is 0.0943. The first-order valence-corrected chi connectivity index (χ1v) is 12.2. The molecule has 184 valence electrons. The first-order valence-electron chi connectivity index (χ1n) is 12.2. The highest BCUT2D eigenvalue weighted by atomic mass is 16.5. The lowest BCUT2D eigenvalue weighted by Gasteiger charge is -2.36. The van der Waals surface area contributed by atoms with Crippen molar-refractivity contribution in [2.45, 2.75) is 65.6 Å². The van der Waals surface area contributed by atoms with Gasteiger partial charge >= 0.3 is 11.9 Å². The minimum atomic E-state index is -0.331. The van der Waals surface area contributed by atoms with Gasteiger partial charge < -0.3 is 19.3 Å². The van der Waals surface area contributed by atoms with Gasteiger partial charge in [0.25, 0.3) is 0 Å². The number of carbonyl (C=O) groups is 2. The van der Waals surface area contributed by atoms with Crippen LogP contribution in [0.15, 0.2) is 36.7 Å². The van der Waals surface area contributed by atoms with Crippen LogP contribution in [0.1, 0.15) is 74.1 Å². The lowest BCUT2D eigenvalue weighted by Crippen LogP contribution is -2.47. The Morgan fingerprint density at radius 3 is 1.44 bits per heavy atom. The first-order chi connectivity index (χ1) is 16.4. The Balaban J connectivity index is 1.51. The molecular weight excluding hydrogens is 432 g/mol. The Morgan fingerprint density at radius 2 is 1.15 bits per heavy atom. The molecule has 1 fully saturated rings. The number of ether oxygens (including phenoxy) is 2. The molecule has 0 N–H and O–H groups in total. The Kier molecular flexibility index (Phi) is 9.24. The summed E-state index contributed by atoms with van der Waals surface area (Å²) in [5.74, 6) is 1.02. The zero-order chi connectivity index (χ0) is 24.5. The number of carbonyl (C=O) groups excluding carboxylic acids is 2. The molecule has 1 aliphatic rings. The smallest absolute Gasteiger partial charge is 0.339 e. The van der Waals surface area contributed by atoms with Crippen LogP contribution in [0.2, 0.25) is 0 Å². The van der Waals surface area contributed by atoms with Gasteiger partial charge in [0, 0.05) is 38.6 Å².